The Labute approximate surface area is 81.5 Å². The topological polar surface area (TPSA) is 70.1 Å². The number of hydrogen-bond acceptors (Lipinski definition) is 3. The van der Waals surface area contributed by atoms with Gasteiger partial charge in [0.1, 0.15) is 6.04 Å². The molecule has 70 valence electrons. The number of carbonyl (C=O) groups is 1. The highest BCUT2D eigenvalue weighted by atomic mass is 16.2. The summed E-state index contributed by atoms with van der Waals surface area (Å²) in [5.41, 5.74) is 6.85. The Bertz CT molecular complexity index is 404. The van der Waals surface area contributed by atoms with E-state index in [2.05, 4.69) is 0 Å². The highest BCUT2D eigenvalue weighted by Gasteiger charge is 2.34. The second kappa shape index (κ2) is 3.13. The lowest BCUT2D eigenvalue weighted by Crippen LogP contribution is -2.61. The summed E-state index contributed by atoms with van der Waals surface area (Å²) in [5.74, 6) is -0.0605. The second-order valence-electron chi connectivity index (χ2n) is 3.21. The standard InChI is InChI=1S/C10H9N3O/c11-5-7-1-3-8(4-2-7)13-6-9(12)10(13)14/h1-4,9H,6,12H2. The van der Waals surface area contributed by atoms with Crippen LogP contribution in [0.4, 0.5) is 5.69 Å². The predicted octanol–water partition coefficient (Wildman–Crippen LogP) is 0.232. The number of nitrogens with zero attached hydrogens (tertiary/aromatic N) is 2. The number of anilines is 1. The van der Waals surface area contributed by atoms with Crippen LogP contribution in [0.25, 0.3) is 0 Å². The lowest BCUT2D eigenvalue weighted by atomic mass is 10.1. The summed E-state index contributed by atoms with van der Waals surface area (Å²) in [6.07, 6.45) is 0. The first-order valence-corrected chi connectivity index (χ1v) is 4.29. The van der Waals surface area contributed by atoms with Crippen molar-refractivity contribution in [2.75, 3.05) is 11.4 Å². The fourth-order valence-electron chi connectivity index (χ4n) is 1.40. The molecular weight excluding hydrogens is 178 g/mol. The normalized spacial score (nSPS) is 20.1. The molecule has 14 heavy (non-hydrogen) atoms. The van der Waals surface area contributed by atoms with E-state index in [0.29, 0.717) is 12.1 Å². The molecule has 4 nitrogen and oxygen atoms in total. The van der Waals surface area contributed by atoms with Crippen LogP contribution in [0, 0.1) is 11.3 Å². The molecule has 4 heteroatoms. The van der Waals surface area contributed by atoms with Gasteiger partial charge < -0.3 is 10.6 Å². The molecule has 1 aromatic rings. The Balaban J connectivity index is 2.19. The maximum absolute atomic E-state index is 11.3. The van der Waals surface area contributed by atoms with Crippen molar-refractivity contribution in [2.24, 2.45) is 5.73 Å². The number of carbonyl (C=O) groups excluding carboxylic acids is 1. The molecule has 2 N–H and O–H groups in total. The molecule has 0 radical (unpaired) electrons. The Morgan fingerprint density at radius 1 is 1.43 bits per heavy atom. The van der Waals surface area contributed by atoms with E-state index in [0.717, 1.165) is 5.69 Å². The first kappa shape index (κ1) is 8.73. The largest absolute Gasteiger partial charge is 0.318 e. The van der Waals surface area contributed by atoms with Crippen molar-refractivity contribution in [3.63, 3.8) is 0 Å². The third-order valence-electron chi connectivity index (χ3n) is 2.27. The van der Waals surface area contributed by atoms with Gasteiger partial charge in [0, 0.05) is 5.69 Å². The summed E-state index contributed by atoms with van der Waals surface area (Å²) in [7, 11) is 0. The Kier molecular flexibility index (Phi) is 1.95. The van der Waals surface area contributed by atoms with Crippen LogP contribution in [0.15, 0.2) is 24.3 Å². The number of benzene rings is 1. The second-order valence-corrected chi connectivity index (χ2v) is 3.21. The van der Waals surface area contributed by atoms with E-state index in [1.54, 1.807) is 29.2 Å². The third-order valence-corrected chi connectivity index (χ3v) is 2.27. The highest BCUT2D eigenvalue weighted by molar-refractivity contribution is 6.03. The number of hydrogen-bond donors (Lipinski definition) is 1. The van der Waals surface area contributed by atoms with Crippen molar-refractivity contribution in [3.05, 3.63) is 29.8 Å². The van der Waals surface area contributed by atoms with Gasteiger partial charge in [-0.3, -0.25) is 4.79 Å². The molecule has 1 saturated heterocycles. The van der Waals surface area contributed by atoms with E-state index in [1.165, 1.54) is 0 Å². The minimum Gasteiger partial charge on any atom is -0.318 e. The van der Waals surface area contributed by atoms with E-state index < -0.39 is 0 Å². The highest BCUT2D eigenvalue weighted by Crippen LogP contribution is 2.21. The zero-order valence-electron chi connectivity index (χ0n) is 7.47. The molecule has 0 bridgehead atoms. The maximum Gasteiger partial charge on any atom is 0.245 e. The molecule has 1 aromatic carbocycles. The van der Waals surface area contributed by atoms with E-state index >= 15 is 0 Å². The van der Waals surface area contributed by atoms with Gasteiger partial charge in [0.15, 0.2) is 0 Å². The van der Waals surface area contributed by atoms with Crippen molar-refractivity contribution in [3.8, 4) is 6.07 Å². The van der Waals surface area contributed by atoms with Crippen LogP contribution in [0.3, 0.4) is 0 Å². The quantitative estimate of drug-likeness (QED) is 0.640. The minimum absolute atomic E-state index is 0.0605. The van der Waals surface area contributed by atoms with Crippen molar-refractivity contribution >= 4 is 11.6 Å². The molecule has 0 aromatic heterocycles. The minimum atomic E-state index is -0.356. The van der Waals surface area contributed by atoms with Gasteiger partial charge >= 0.3 is 0 Å². The number of nitriles is 1. The van der Waals surface area contributed by atoms with Gasteiger partial charge in [0.2, 0.25) is 5.91 Å². The van der Waals surface area contributed by atoms with Gasteiger partial charge in [-0.15, -0.1) is 0 Å². The summed E-state index contributed by atoms with van der Waals surface area (Å²) in [4.78, 5) is 12.9. The Morgan fingerprint density at radius 3 is 2.50 bits per heavy atom. The van der Waals surface area contributed by atoms with Crippen LogP contribution in [0.2, 0.25) is 0 Å². The number of nitrogens with two attached hydrogens (primary N) is 1. The lowest BCUT2D eigenvalue weighted by Gasteiger charge is -2.36. The van der Waals surface area contributed by atoms with Crippen LogP contribution in [0.1, 0.15) is 5.56 Å². The van der Waals surface area contributed by atoms with E-state index in [-0.39, 0.29) is 11.9 Å². The lowest BCUT2D eigenvalue weighted by molar-refractivity contribution is -0.123. The van der Waals surface area contributed by atoms with Gasteiger partial charge in [0.05, 0.1) is 18.2 Å². The summed E-state index contributed by atoms with van der Waals surface area (Å²) in [6.45, 7) is 0.560. The van der Waals surface area contributed by atoms with Crippen LogP contribution >= 0.6 is 0 Å². The molecular formula is C10H9N3O. The van der Waals surface area contributed by atoms with E-state index in [1.807, 2.05) is 6.07 Å². The summed E-state index contributed by atoms with van der Waals surface area (Å²) in [5, 5.41) is 8.58. The molecule has 1 atom stereocenters. The van der Waals surface area contributed by atoms with E-state index in [9.17, 15) is 4.79 Å². The van der Waals surface area contributed by atoms with Gasteiger partial charge in [-0.05, 0) is 24.3 Å². The van der Waals surface area contributed by atoms with Crippen LogP contribution in [-0.2, 0) is 4.79 Å². The molecule has 1 aliphatic heterocycles. The molecule has 1 fully saturated rings. The monoisotopic (exact) mass is 187 g/mol. The third kappa shape index (κ3) is 1.24. The van der Waals surface area contributed by atoms with Crippen LogP contribution in [-0.4, -0.2) is 18.5 Å². The molecule has 1 amide bonds. The van der Waals surface area contributed by atoms with Gasteiger partial charge in [-0.1, -0.05) is 0 Å². The molecule has 0 spiro atoms. The molecule has 0 saturated carbocycles. The molecule has 0 aliphatic carbocycles. The van der Waals surface area contributed by atoms with Crippen molar-refractivity contribution in [2.45, 2.75) is 6.04 Å². The average Bonchev–Trinajstić information content (AvgIpc) is 2.25. The molecule has 1 unspecified atom stereocenters. The summed E-state index contributed by atoms with van der Waals surface area (Å²) < 4.78 is 0. The Hall–Kier alpha value is -1.86. The zero-order chi connectivity index (χ0) is 10.1. The first-order valence-electron chi connectivity index (χ1n) is 4.29. The predicted molar refractivity (Wildman–Crippen MR) is 51.5 cm³/mol. The first-order chi connectivity index (χ1) is 6.72. The van der Waals surface area contributed by atoms with Crippen molar-refractivity contribution in [1.82, 2.24) is 0 Å². The number of amides is 1. The fraction of sp³-hybridized carbons (Fsp3) is 0.200. The number of β-lactam (4-membered cyclic amide) rings is 1. The van der Waals surface area contributed by atoms with Crippen molar-refractivity contribution < 1.29 is 4.79 Å². The van der Waals surface area contributed by atoms with Gasteiger partial charge in [-0.2, -0.15) is 5.26 Å². The maximum atomic E-state index is 11.3. The summed E-state index contributed by atoms with van der Waals surface area (Å²) >= 11 is 0. The average molecular weight is 187 g/mol. The Morgan fingerprint density at radius 2 is 2.07 bits per heavy atom. The van der Waals surface area contributed by atoms with Gasteiger partial charge in [0.25, 0.3) is 0 Å². The summed E-state index contributed by atoms with van der Waals surface area (Å²) in [6, 6.07) is 8.54. The molecule has 1 heterocycles. The van der Waals surface area contributed by atoms with Crippen LogP contribution < -0.4 is 10.6 Å². The molecule has 2 rings (SSSR count). The molecule has 1 aliphatic rings. The van der Waals surface area contributed by atoms with Crippen molar-refractivity contribution in [1.29, 1.82) is 5.26 Å². The van der Waals surface area contributed by atoms with E-state index in [4.69, 9.17) is 11.0 Å². The zero-order valence-corrected chi connectivity index (χ0v) is 7.47. The van der Waals surface area contributed by atoms with Crippen LogP contribution in [0.5, 0.6) is 0 Å². The fourth-order valence-corrected chi connectivity index (χ4v) is 1.40. The SMILES string of the molecule is N#Cc1ccc(N2CC(N)C2=O)cc1. The number of rotatable bonds is 1. The van der Waals surface area contributed by atoms with Gasteiger partial charge in [-0.25, -0.2) is 0 Å². The smallest absolute Gasteiger partial charge is 0.245 e.